The Morgan fingerprint density at radius 3 is 2.50 bits per heavy atom. The number of nitrogens with one attached hydrogen (secondary N) is 1. The molecule has 3 aliphatic rings. The molecule has 2 aromatic carbocycles. The lowest BCUT2D eigenvalue weighted by atomic mass is 9.67. The Morgan fingerprint density at radius 2 is 1.82 bits per heavy atom. The van der Waals surface area contributed by atoms with Crippen LogP contribution >= 0.6 is 27.9 Å². The van der Waals surface area contributed by atoms with Crippen molar-refractivity contribution in [2.24, 2.45) is 11.8 Å². The van der Waals surface area contributed by atoms with Gasteiger partial charge in [-0.1, -0.05) is 52.1 Å². The van der Waals surface area contributed by atoms with Crippen LogP contribution in [0.1, 0.15) is 35.8 Å². The van der Waals surface area contributed by atoms with Crippen LogP contribution in [-0.2, 0) is 0 Å². The number of β-amino-alcohol motifs (C(OH)–C–C–N with tert-alkyl or cyclic N) is 1. The molecule has 148 valence electrons. The van der Waals surface area contributed by atoms with Gasteiger partial charge in [0.05, 0.1) is 5.60 Å². The van der Waals surface area contributed by atoms with Gasteiger partial charge in [-0.25, -0.2) is 0 Å². The number of anilines is 1. The van der Waals surface area contributed by atoms with Crippen LogP contribution in [0.3, 0.4) is 0 Å². The van der Waals surface area contributed by atoms with Gasteiger partial charge in [0.1, 0.15) is 0 Å². The second-order valence-corrected chi connectivity index (χ2v) is 10.4. The second kappa shape index (κ2) is 7.35. The zero-order valence-electron chi connectivity index (χ0n) is 16.1. The summed E-state index contributed by atoms with van der Waals surface area (Å²) in [6.45, 7) is 3.12. The number of hydrogen-bond donors (Lipinski definition) is 2. The summed E-state index contributed by atoms with van der Waals surface area (Å²) in [5.74, 6) is 2.77. The Balaban J connectivity index is 1.13. The van der Waals surface area contributed by atoms with Crippen molar-refractivity contribution in [2.45, 2.75) is 30.3 Å². The number of benzene rings is 2. The first kappa shape index (κ1) is 19.0. The van der Waals surface area contributed by atoms with Crippen molar-refractivity contribution >= 4 is 33.6 Å². The minimum atomic E-state index is -0.494. The normalized spacial score (nSPS) is 34.0. The van der Waals surface area contributed by atoms with Crippen molar-refractivity contribution in [1.29, 1.82) is 0 Å². The zero-order chi connectivity index (χ0) is 19.3. The van der Waals surface area contributed by atoms with Crippen LogP contribution in [0.25, 0.3) is 0 Å². The number of piperidine rings is 1. The minimum Gasteiger partial charge on any atom is -0.389 e. The molecule has 3 fully saturated rings. The molecule has 0 amide bonds. The quantitative estimate of drug-likeness (QED) is 0.590. The average Bonchev–Trinajstić information content (AvgIpc) is 3.16. The Hall–Kier alpha value is -1.01. The number of aliphatic hydroxyl groups is 1. The van der Waals surface area contributed by atoms with Gasteiger partial charge in [-0.3, -0.25) is 4.90 Å². The fourth-order valence-electron chi connectivity index (χ4n) is 5.54. The molecule has 2 saturated carbocycles. The predicted molar refractivity (Wildman–Crippen MR) is 121 cm³/mol. The summed E-state index contributed by atoms with van der Waals surface area (Å²) in [6.07, 6.45) is 3.85. The van der Waals surface area contributed by atoms with Crippen LogP contribution < -0.4 is 4.72 Å². The van der Waals surface area contributed by atoms with Crippen LogP contribution in [0.2, 0.25) is 0 Å². The Morgan fingerprint density at radius 1 is 1.11 bits per heavy atom. The number of nitrogens with zero attached hydrogens (tertiary/aromatic N) is 1. The molecule has 0 aromatic heterocycles. The van der Waals surface area contributed by atoms with Crippen LogP contribution in [-0.4, -0.2) is 41.5 Å². The van der Waals surface area contributed by atoms with Gasteiger partial charge in [-0.05, 0) is 71.9 Å². The monoisotopic (exact) mass is 458 g/mol. The molecule has 1 aliphatic heterocycles. The van der Waals surface area contributed by atoms with E-state index in [0.29, 0.717) is 11.8 Å². The standard InChI is InChI=1S/C23H27BrN2OS/c1-28-25-19-4-2-3-16(9-19)22-20-12-26(13-21(20)22)14-23(27)10-17(11-23)15-5-7-18(24)8-6-15/h2-9,17,20-22,25,27H,10-14H2,1H3/t17?,20-,21+,22?,23?. The first-order valence-electron chi connectivity index (χ1n) is 10.1. The molecule has 5 heteroatoms. The topological polar surface area (TPSA) is 35.5 Å². The Labute approximate surface area is 180 Å². The molecule has 0 bridgehead atoms. The first-order chi connectivity index (χ1) is 13.5. The number of hydrogen-bond acceptors (Lipinski definition) is 4. The lowest BCUT2D eigenvalue weighted by Gasteiger charge is -2.46. The highest BCUT2D eigenvalue weighted by Gasteiger charge is 2.57. The molecule has 0 spiro atoms. The van der Waals surface area contributed by atoms with Crippen LogP contribution in [0.15, 0.2) is 53.0 Å². The van der Waals surface area contributed by atoms with Crippen molar-refractivity contribution < 1.29 is 5.11 Å². The summed E-state index contributed by atoms with van der Waals surface area (Å²) in [5, 5.41) is 11.0. The smallest absolute Gasteiger partial charge is 0.0785 e. The summed E-state index contributed by atoms with van der Waals surface area (Å²) < 4.78 is 4.46. The molecule has 5 rings (SSSR count). The minimum absolute atomic E-state index is 0.494. The van der Waals surface area contributed by atoms with Crippen molar-refractivity contribution in [2.75, 3.05) is 30.6 Å². The molecule has 2 aromatic rings. The van der Waals surface area contributed by atoms with Crippen molar-refractivity contribution in [1.82, 2.24) is 4.90 Å². The average molecular weight is 459 g/mol. The van der Waals surface area contributed by atoms with Gasteiger partial charge in [-0.2, -0.15) is 0 Å². The largest absolute Gasteiger partial charge is 0.389 e. The van der Waals surface area contributed by atoms with Crippen molar-refractivity contribution in [3.05, 3.63) is 64.1 Å². The zero-order valence-corrected chi connectivity index (χ0v) is 18.5. The molecule has 0 radical (unpaired) electrons. The molecule has 1 heterocycles. The summed E-state index contributed by atoms with van der Waals surface area (Å²) in [7, 11) is 0. The molecule has 3 atom stereocenters. The third-order valence-corrected chi connectivity index (χ3v) is 7.84. The third-order valence-electron chi connectivity index (χ3n) is 6.87. The third kappa shape index (κ3) is 3.62. The summed E-state index contributed by atoms with van der Waals surface area (Å²) in [4.78, 5) is 2.51. The van der Waals surface area contributed by atoms with Crippen LogP contribution in [0, 0.1) is 11.8 Å². The van der Waals surface area contributed by atoms with Gasteiger partial charge in [0, 0.05) is 36.1 Å². The summed E-state index contributed by atoms with van der Waals surface area (Å²) in [5.41, 5.74) is 3.54. The molecule has 2 N–H and O–H groups in total. The molecule has 1 saturated heterocycles. The maximum atomic E-state index is 11.0. The van der Waals surface area contributed by atoms with Gasteiger partial charge in [-0.15, -0.1) is 0 Å². The molecular formula is C23H27BrN2OS. The number of likely N-dealkylation sites (tertiary alicyclic amines) is 1. The van der Waals surface area contributed by atoms with Crippen LogP contribution in [0.5, 0.6) is 0 Å². The summed E-state index contributed by atoms with van der Waals surface area (Å²) >= 11 is 5.14. The van der Waals surface area contributed by atoms with E-state index in [0.717, 1.165) is 48.8 Å². The fraction of sp³-hybridized carbons (Fsp3) is 0.478. The Bertz CT molecular complexity index is 840. The SMILES string of the molecule is CSNc1cccc(C2[C@H]3CN(CC4(O)CC(c5ccc(Br)cc5)C4)C[C@@H]23)c1. The highest BCUT2D eigenvalue weighted by Crippen LogP contribution is 2.59. The molecular weight excluding hydrogens is 432 g/mol. The maximum absolute atomic E-state index is 11.0. The van der Waals surface area contributed by atoms with Gasteiger partial charge in [0.25, 0.3) is 0 Å². The first-order valence-corrected chi connectivity index (χ1v) is 12.2. The van der Waals surface area contributed by atoms with E-state index in [2.05, 4.69) is 80.3 Å². The lowest BCUT2D eigenvalue weighted by Crippen LogP contribution is -2.51. The van der Waals surface area contributed by atoms with Crippen molar-refractivity contribution in [3.63, 3.8) is 0 Å². The van der Waals surface area contributed by atoms with E-state index in [9.17, 15) is 5.11 Å². The second-order valence-electron chi connectivity index (χ2n) is 8.86. The van der Waals surface area contributed by atoms with Gasteiger partial charge < -0.3 is 9.83 Å². The number of halogens is 1. The van der Waals surface area contributed by atoms with E-state index < -0.39 is 5.60 Å². The lowest BCUT2D eigenvalue weighted by molar-refractivity contribution is -0.0705. The number of fused-ring (bicyclic) bond motifs is 1. The van der Waals surface area contributed by atoms with E-state index in [-0.39, 0.29) is 0 Å². The van der Waals surface area contributed by atoms with E-state index in [1.807, 2.05) is 0 Å². The molecule has 1 unspecified atom stereocenters. The highest BCUT2D eigenvalue weighted by molar-refractivity contribution is 9.10. The van der Waals surface area contributed by atoms with Crippen LogP contribution in [0.4, 0.5) is 5.69 Å². The van der Waals surface area contributed by atoms with E-state index in [4.69, 9.17) is 0 Å². The Kier molecular flexibility index (Phi) is 4.98. The molecule has 28 heavy (non-hydrogen) atoms. The summed E-state index contributed by atoms with van der Waals surface area (Å²) in [6, 6.07) is 17.5. The maximum Gasteiger partial charge on any atom is 0.0785 e. The van der Waals surface area contributed by atoms with Gasteiger partial charge in [0.2, 0.25) is 0 Å². The molecule has 3 nitrogen and oxygen atoms in total. The molecule has 2 aliphatic carbocycles. The van der Waals surface area contributed by atoms with Gasteiger partial charge >= 0.3 is 0 Å². The fourth-order valence-corrected chi connectivity index (χ4v) is 6.17. The van der Waals surface area contributed by atoms with Crippen molar-refractivity contribution in [3.8, 4) is 0 Å². The van der Waals surface area contributed by atoms with Gasteiger partial charge in [0.15, 0.2) is 0 Å². The predicted octanol–water partition coefficient (Wildman–Crippen LogP) is 5.09. The van der Waals surface area contributed by atoms with E-state index in [1.54, 1.807) is 11.9 Å². The number of rotatable bonds is 6. The van der Waals surface area contributed by atoms with E-state index in [1.165, 1.54) is 16.8 Å². The highest BCUT2D eigenvalue weighted by atomic mass is 79.9. The van der Waals surface area contributed by atoms with E-state index >= 15 is 0 Å².